The van der Waals surface area contributed by atoms with Crippen LogP contribution < -0.4 is 9.21 Å². The second-order valence-electron chi connectivity index (χ2n) is 7.59. The van der Waals surface area contributed by atoms with Crippen molar-refractivity contribution < 1.29 is 13.2 Å². The third-order valence-corrected chi connectivity index (χ3v) is 8.28. The summed E-state index contributed by atoms with van der Waals surface area (Å²) in [6, 6.07) is 13.0. The van der Waals surface area contributed by atoms with Gasteiger partial charge in [0.15, 0.2) is 0 Å². The lowest BCUT2D eigenvalue weighted by Crippen LogP contribution is -2.29. The Morgan fingerprint density at radius 1 is 1.10 bits per heavy atom. The number of hydrogen-bond acceptors (Lipinski definition) is 5. The minimum atomic E-state index is -3.22. The summed E-state index contributed by atoms with van der Waals surface area (Å²) in [5, 5.41) is 3.09. The summed E-state index contributed by atoms with van der Waals surface area (Å²) in [5.74, 6) is 0.114. The Balaban J connectivity index is 1.38. The summed E-state index contributed by atoms with van der Waals surface area (Å²) in [6.45, 7) is 3.12. The molecule has 2 aliphatic rings. The van der Waals surface area contributed by atoms with Crippen molar-refractivity contribution in [1.29, 1.82) is 0 Å². The molecule has 154 valence electrons. The third kappa shape index (κ3) is 3.30. The number of aryl methyl sites for hydroxylation is 1. The number of thiazole rings is 1. The third-order valence-electron chi connectivity index (χ3n) is 5.64. The molecular formula is C22H21N3O3S2. The van der Waals surface area contributed by atoms with Crippen LogP contribution >= 0.6 is 11.3 Å². The van der Waals surface area contributed by atoms with Gasteiger partial charge in [-0.2, -0.15) is 0 Å². The average Bonchev–Trinajstić information content (AvgIpc) is 3.45. The van der Waals surface area contributed by atoms with E-state index < -0.39 is 10.0 Å². The zero-order chi connectivity index (χ0) is 20.9. The van der Waals surface area contributed by atoms with E-state index in [9.17, 15) is 13.2 Å². The van der Waals surface area contributed by atoms with Gasteiger partial charge in [-0.1, -0.05) is 6.07 Å². The number of anilines is 2. The number of sulfonamides is 1. The molecule has 2 aliphatic heterocycles. The molecule has 30 heavy (non-hydrogen) atoms. The summed E-state index contributed by atoms with van der Waals surface area (Å²) >= 11 is 1.63. The van der Waals surface area contributed by atoms with Gasteiger partial charge in [0.05, 0.1) is 22.1 Å². The number of hydrogen-bond donors (Lipinski definition) is 0. The van der Waals surface area contributed by atoms with E-state index in [0.717, 1.165) is 33.9 Å². The van der Waals surface area contributed by atoms with Gasteiger partial charge in [0, 0.05) is 35.3 Å². The molecule has 0 bridgehead atoms. The Labute approximate surface area is 179 Å². The van der Waals surface area contributed by atoms with Gasteiger partial charge < -0.3 is 4.90 Å². The summed E-state index contributed by atoms with van der Waals surface area (Å²) in [6.07, 6.45) is 1.44. The van der Waals surface area contributed by atoms with Crippen LogP contribution in [0.15, 0.2) is 47.8 Å². The van der Waals surface area contributed by atoms with Gasteiger partial charge in [-0.15, -0.1) is 11.3 Å². The van der Waals surface area contributed by atoms with Gasteiger partial charge >= 0.3 is 0 Å². The maximum Gasteiger partial charge on any atom is 0.258 e. The molecule has 1 saturated heterocycles. The maximum atomic E-state index is 13.1. The second-order valence-corrected chi connectivity index (χ2v) is 10.7. The monoisotopic (exact) mass is 439 g/mol. The molecule has 0 saturated carbocycles. The normalized spacial score (nSPS) is 17.4. The summed E-state index contributed by atoms with van der Waals surface area (Å²) < 4.78 is 25.6. The van der Waals surface area contributed by atoms with Crippen molar-refractivity contribution in [2.24, 2.45) is 0 Å². The first kappa shape index (κ1) is 19.3. The van der Waals surface area contributed by atoms with Crippen LogP contribution in [0.3, 0.4) is 0 Å². The number of amides is 1. The number of nitrogens with zero attached hydrogens (tertiary/aromatic N) is 3. The molecule has 1 amide bonds. The molecule has 0 radical (unpaired) electrons. The quantitative estimate of drug-likeness (QED) is 0.621. The zero-order valence-electron chi connectivity index (χ0n) is 16.5. The van der Waals surface area contributed by atoms with Crippen LogP contribution in [0.5, 0.6) is 0 Å². The average molecular weight is 440 g/mol. The zero-order valence-corrected chi connectivity index (χ0v) is 18.2. The Morgan fingerprint density at radius 3 is 2.57 bits per heavy atom. The fraction of sp³-hybridized carbons (Fsp3) is 0.273. The molecule has 0 unspecified atom stereocenters. The Hall–Kier alpha value is -2.71. The van der Waals surface area contributed by atoms with Crippen LogP contribution in [0.2, 0.25) is 0 Å². The number of benzene rings is 2. The van der Waals surface area contributed by atoms with Crippen molar-refractivity contribution in [2.45, 2.75) is 19.8 Å². The topological polar surface area (TPSA) is 70.6 Å². The highest BCUT2D eigenvalue weighted by Crippen LogP contribution is 2.34. The van der Waals surface area contributed by atoms with Crippen molar-refractivity contribution >= 4 is 38.6 Å². The molecule has 3 aromatic rings. The van der Waals surface area contributed by atoms with Gasteiger partial charge in [0.1, 0.15) is 0 Å². The van der Waals surface area contributed by atoms with Crippen LogP contribution in [0.4, 0.5) is 11.4 Å². The van der Waals surface area contributed by atoms with Gasteiger partial charge in [-0.25, -0.2) is 13.4 Å². The molecule has 1 fully saturated rings. The largest absolute Gasteiger partial charge is 0.308 e. The van der Waals surface area contributed by atoms with Crippen molar-refractivity contribution in [3.8, 4) is 11.3 Å². The van der Waals surface area contributed by atoms with E-state index in [2.05, 4.69) is 16.4 Å². The van der Waals surface area contributed by atoms with Crippen molar-refractivity contribution in [2.75, 3.05) is 28.0 Å². The van der Waals surface area contributed by atoms with E-state index in [1.165, 1.54) is 4.31 Å². The number of fused-ring (bicyclic) bond motifs is 1. The van der Waals surface area contributed by atoms with E-state index in [1.807, 2.05) is 19.1 Å². The minimum absolute atomic E-state index is 0.0677. The first-order chi connectivity index (χ1) is 14.4. The number of carbonyl (C=O) groups is 1. The first-order valence-electron chi connectivity index (χ1n) is 9.90. The summed E-state index contributed by atoms with van der Waals surface area (Å²) in [4.78, 5) is 19.5. The molecular weight excluding hydrogens is 418 g/mol. The van der Waals surface area contributed by atoms with Gasteiger partial charge in [-0.05, 0) is 61.7 Å². The van der Waals surface area contributed by atoms with Crippen LogP contribution in [-0.4, -0.2) is 38.2 Å². The van der Waals surface area contributed by atoms with E-state index in [-0.39, 0.29) is 11.7 Å². The number of aromatic nitrogens is 1. The minimum Gasteiger partial charge on any atom is -0.308 e. The molecule has 8 heteroatoms. The smallest absolute Gasteiger partial charge is 0.258 e. The number of carbonyl (C=O) groups excluding carboxylic acids is 1. The molecule has 0 spiro atoms. The molecule has 3 heterocycles. The van der Waals surface area contributed by atoms with Crippen LogP contribution in [-0.2, 0) is 16.4 Å². The van der Waals surface area contributed by atoms with Crippen molar-refractivity contribution in [3.05, 3.63) is 64.0 Å². The molecule has 0 atom stereocenters. The number of rotatable bonds is 3. The molecule has 6 nitrogen and oxygen atoms in total. The highest BCUT2D eigenvalue weighted by atomic mass is 32.2. The maximum absolute atomic E-state index is 13.1. The van der Waals surface area contributed by atoms with E-state index in [1.54, 1.807) is 40.5 Å². The van der Waals surface area contributed by atoms with Gasteiger partial charge in [0.2, 0.25) is 10.0 Å². The molecule has 5 rings (SSSR count). The van der Waals surface area contributed by atoms with E-state index >= 15 is 0 Å². The lowest BCUT2D eigenvalue weighted by Gasteiger charge is -2.19. The van der Waals surface area contributed by atoms with Crippen LogP contribution in [0.1, 0.15) is 27.3 Å². The fourth-order valence-electron chi connectivity index (χ4n) is 4.12. The molecule has 2 aromatic carbocycles. The lowest BCUT2D eigenvalue weighted by atomic mass is 10.1. The van der Waals surface area contributed by atoms with Crippen molar-refractivity contribution in [1.82, 2.24) is 4.98 Å². The summed E-state index contributed by atoms with van der Waals surface area (Å²) in [7, 11) is -3.22. The van der Waals surface area contributed by atoms with E-state index in [4.69, 9.17) is 0 Å². The van der Waals surface area contributed by atoms with Crippen LogP contribution in [0, 0.1) is 6.92 Å². The van der Waals surface area contributed by atoms with Gasteiger partial charge in [-0.3, -0.25) is 9.10 Å². The summed E-state index contributed by atoms with van der Waals surface area (Å²) in [5.41, 5.74) is 5.30. The Bertz CT molecular complexity index is 1230. The molecule has 1 aromatic heterocycles. The second kappa shape index (κ2) is 7.21. The highest BCUT2D eigenvalue weighted by Gasteiger charge is 2.29. The SMILES string of the molecule is Cc1nc(-c2ccc3c(c2)CCN3C(=O)c2ccc(N3CCCS3(=O)=O)cc2)cs1. The first-order valence-corrected chi connectivity index (χ1v) is 12.4. The van der Waals surface area contributed by atoms with Crippen LogP contribution in [0.25, 0.3) is 11.3 Å². The predicted molar refractivity (Wildman–Crippen MR) is 120 cm³/mol. The Kier molecular flexibility index (Phi) is 4.63. The van der Waals surface area contributed by atoms with Crippen molar-refractivity contribution in [3.63, 3.8) is 0 Å². The van der Waals surface area contributed by atoms with Gasteiger partial charge in [0.25, 0.3) is 5.91 Å². The fourth-order valence-corrected chi connectivity index (χ4v) is 6.31. The lowest BCUT2D eigenvalue weighted by molar-refractivity contribution is 0.0989. The molecule has 0 N–H and O–H groups in total. The van der Waals surface area contributed by atoms with E-state index in [0.29, 0.717) is 30.8 Å². The standard InChI is InChI=1S/C22H21N3O3S2/c1-15-23-20(14-29-15)17-5-8-21-18(13-17)9-11-24(21)22(26)16-3-6-19(7-4-16)25-10-2-12-30(25,27)28/h3-8,13-14H,2,9-12H2,1H3. The predicted octanol–water partition coefficient (Wildman–Crippen LogP) is 3.86. The molecule has 0 aliphatic carbocycles. The highest BCUT2D eigenvalue weighted by molar-refractivity contribution is 7.93. The Morgan fingerprint density at radius 2 is 1.90 bits per heavy atom.